The first-order chi connectivity index (χ1) is 8.54. The highest BCUT2D eigenvalue weighted by molar-refractivity contribution is 5.84. The first-order valence-electron chi connectivity index (χ1n) is 6.78. The number of hydrogen-bond acceptors (Lipinski definition) is 3. The quantitative estimate of drug-likeness (QED) is 0.745. The molecule has 104 valence electrons. The van der Waals surface area contributed by atoms with Gasteiger partial charge in [0.2, 0.25) is 11.8 Å². The molecule has 0 aromatic carbocycles. The molecule has 5 heteroatoms. The van der Waals surface area contributed by atoms with Crippen LogP contribution in [-0.4, -0.2) is 49.4 Å². The summed E-state index contributed by atoms with van der Waals surface area (Å²) >= 11 is 0. The van der Waals surface area contributed by atoms with E-state index >= 15 is 0 Å². The molecule has 0 aliphatic carbocycles. The predicted octanol–water partition coefficient (Wildman–Crippen LogP) is 0.359. The summed E-state index contributed by atoms with van der Waals surface area (Å²) in [5.74, 6) is 0.464. The van der Waals surface area contributed by atoms with Crippen LogP contribution in [-0.2, 0) is 9.59 Å². The molecule has 1 aliphatic rings. The van der Waals surface area contributed by atoms with Crippen molar-refractivity contribution in [2.24, 2.45) is 5.92 Å². The van der Waals surface area contributed by atoms with Gasteiger partial charge in [0.15, 0.2) is 0 Å². The average Bonchev–Trinajstić information content (AvgIpc) is 2.32. The molecule has 0 aromatic rings. The van der Waals surface area contributed by atoms with Crippen molar-refractivity contribution in [3.05, 3.63) is 0 Å². The van der Waals surface area contributed by atoms with Crippen LogP contribution in [0.2, 0.25) is 0 Å². The van der Waals surface area contributed by atoms with Crippen molar-refractivity contribution in [3.63, 3.8) is 0 Å². The predicted molar refractivity (Wildman–Crippen MR) is 71.1 cm³/mol. The van der Waals surface area contributed by atoms with Gasteiger partial charge < -0.3 is 15.5 Å². The Balaban J connectivity index is 2.36. The molecule has 1 fully saturated rings. The fraction of sp³-hybridized carbons (Fsp3) is 0.846. The molecular weight excluding hydrogens is 230 g/mol. The van der Waals surface area contributed by atoms with E-state index < -0.39 is 0 Å². The second-order valence-electron chi connectivity index (χ2n) is 5.09. The lowest BCUT2D eigenvalue weighted by Gasteiger charge is -2.30. The maximum Gasteiger partial charge on any atom is 0.239 e. The van der Waals surface area contributed by atoms with Gasteiger partial charge in [0.1, 0.15) is 0 Å². The van der Waals surface area contributed by atoms with Crippen molar-refractivity contribution in [2.75, 3.05) is 26.7 Å². The molecule has 5 nitrogen and oxygen atoms in total. The van der Waals surface area contributed by atoms with E-state index in [1.807, 2.05) is 6.92 Å². The van der Waals surface area contributed by atoms with Crippen LogP contribution >= 0.6 is 0 Å². The maximum absolute atomic E-state index is 12.0. The molecular formula is C13H25N3O2. The highest BCUT2D eigenvalue weighted by Crippen LogP contribution is 2.18. The van der Waals surface area contributed by atoms with Crippen LogP contribution in [0.5, 0.6) is 0 Å². The molecule has 0 aromatic heterocycles. The summed E-state index contributed by atoms with van der Waals surface area (Å²) in [6, 6.07) is 0.253. The van der Waals surface area contributed by atoms with Crippen LogP contribution in [0.1, 0.15) is 33.1 Å². The van der Waals surface area contributed by atoms with Gasteiger partial charge >= 0.3 is 0 Å². The summed E-state index contributed by atoms with van der Waals surface area (Å²) in [5.41, 5.74) is 0. The lowest BCUT2D eigenvalue weighted by molar-refractivity contribution is -0.135. The zero-order chi connectivity index (χ0) is 13.5. The summed E-state index contributed by atoms with van der Waals surface area (Å²) < 4.78 is 0. The molecule has 1 rings (SSSR count). The fourth-order valence-corrected chi connectivity index (χ4v) is 2.29. The van der Waals surface area contributed by atoms with Gasteiger partial charge in [-0.1, -0.05) is 6.92 Å². The third-order valence-electron chi connectivity index (χ3n) is 3.50. The van der Waals surface area contributed by atoms with Gasteiger partial charge in [-0.15, -0.1) is 0 Å². The molecule has 2 atom stereocenters. The molecule has 2 unspecified atom stereocenters. The average molecular weight is 255 g/mol. The first-order valence-corrected chi connectivity index (χ1v) is 6.78. The Kier molecular flexibility index (Phi) is 6.12. The second-order valence-corrected chi connectivity index (χ2v) is 5.09. The van der Waals surface area contributed by atoms with E-state index in [-0.39, 0.29) is 24.4 Å². The minimum absolute atomic E-state index is 0.0347. The van der Waals surface area contributed by atoms with E-state index in [9.17, 15) is 9.59 Å². The van der Waals surface area contributed by atoms with Crippen LogP contribution in [0.15, 0.2) is 0 Å². The second kappa shape index (κ2) is 7.36. The Morgan fingerprint density at radius 3 is 2.78 bits per heavy atom. The largest absolute Gasteiger partial charge is 0.355 e. The van der Waals surface area contributed by atoms with E-state index in [1.165, 1.54) is 17.7 Å². The number of carbonyl (C=O) groups is 2. The van der Waals surface area contributed by atoms with E-state index in [0.717, 1.165) is 6.54 Å². The molecule has 0 spiro atoms. The van der Waals surface area contributed by atoms with Gasteiger partial charge in [-0.2, -0.15) is 0 Å². The molecule has 2 N–H and O–H groups in total. The topological polar surface area (TPSA) is 61.4 Å². The molecule has 1 heterocycles. The third kappa shape index (κ3) is 4.64. The van der Waals surface area contributed by atoms with E-state index in [0.29, 0.717) is 18.9 Å². The van der Waals surface area contributed by atoms with Crippen molar-refractivity contribution < 1.29 is 9.59 Å². The standard InChI is InChI=1S/C13H25N3O2/c1-4-14-12(17)9-16(3)13(18)8-11-10(2)6-5-7-15-11/h10-11,15H,4-9H2,1-3H3,(H,14,17). The van der Waals surface area contributed by atoms with Crippen LogP contribution < -0.4 is 10.6 Å². The minimum atomic E-state index is -0.0991. The molecule has 1 saturated heterocycles. The zero-order valence-corrected chi connectivity index (χ0v) is 11.7. The minimum Gasteiger partial charge on any atom is -0.355 e. The van der Waals surface area contributed by atoms with Gasteiger partial charge in [0.25, 0.3) is 0 Å². The molecule has 0 radical (unpaired) electrons. The number of hydrogen-bond donors (Lipinski definition) is 2. The van der Waals surface area contributed by atoms with Gasteiger partial charge in [-0.05, 0) is 32.2 Å². The summed E-state index contributed by atoms with van der Waals surface area (Å²) in [6.07, 6.45) is 2.84. The highest BCUT2D eigenvalue weighted by Gasteiger charge is 2.24. The third-order valence-corrected chi connectivity index (χ3v) is 3.50. The number of nitrogens with one attached hydrogen (secondary N) is 2. The summed E-state index contributed by atoms with van der Waals surface area (Å²) in [5, 5.41) is 6.08. The van der Waals surface area contributed by atoms with Crippen molar-refractivity contribution >= 4 is 11.8 Å². The normalized spacial score (nSPS) is 23.5. The number of carbonyl (C=O) groups excluding carboxylic acids is 2. The zero-order valence-electron chi connectivity index (χ0n) is 11.7. The molecule has 1 aliphatic heterocycles. The van der Waals surface area contributed by atoms with E-state index in [1.54, 1.807) is 7.05 Å². The number of likely N-dealkylation sites (N-methyl/N-ethyl adjacent to an activating group) is 2. The van der Waals surface area contributed by atoms with Gasteiger partial charge in [-0.25, -0.2) is 0 Å². The number of piperidine rings is 1. The molecule has 0 bridgehead atoms. The van der Waals surface area contributed by atoms with Crippen LogP contribution in [0.3, 0.4) is 0 Å². The fourth-order valence-electron chi connectivity index (χ4n) is 2.29. The summed E-state index contributed by atoms with van der Waals surface area (Å²) in [6.45, 7) is 5.78. The van der Waals surface area contributed by atoms with Gasteiger partial charge in [0, 0.05) is 26.1 Å². The number of amides is 2. The Hall–Kier alpha value is -1.10. The number of nitrogens with zero attached hydrogens (tertiary/aromatic N) is 1. The smallest absolute Gasteiger partial charge is 0.239 e. The van der Waals surface area contributed by atoms with E-state index in [4.69, 9.17) is 0 Å². The molecule has 0 saturated carbocycles. The van der Waals surface area contributed by atoms with Crippen LogP contribution in [0.4, 0.5) is 0 Å². The lowest BCUT2D eigenvalue weighted by Crippen LogP contribution is -2.45. The van der Waals surface area contributed by atoms with Crippen LogP contribution in [0.25, 0.3) is 0 Å². The van der Waals surface area contributed by atoms with Gasteiger partial charge in [0.05, 0.1) is 6.54 Å². The van der Waals surface area contributed by atoms with Crippen molar-refractivity contribution in [2.45, 2.75) is 39.2 Å². The van der Waals surface area contributed by atoms with Crippen molar-refractivity contribution in [1.82, 2.24) is 15.5 Å². The molecule has 2 amide bonds. The summed E-state index contributed by atoms with van der Waals surface area (Å²) in [7, 11) is 1.69. The Morgan fingerprint density at radius 2 is 2.17 bits per heavy atom. The van der Waals surface area contributed by atoms with E-state index in [2.05, 4.69) is 17.6 Å². The Bertz CT molecular complexity index is 294. The Morgan fingerprint density at radius 1 is 1.44 bits per heavy atom. The van der Waals surface area contributed by atoms with Crippen LogP contribution in [0, 0.1) is 5.92 Å². The first kappa shape index (κ1) is 15.0. The van der Waals surface area contributed by atoms with Gasteiger partial charge in [-0.3, -0.25) is 9.59 Å². The van der Waals surface area contributed by atoms with Crippen molar-refractivity contribution in [1.29, 1.82) is 0 Å². The molecule has 18 heavy (non-hydrogen) atoms. The number of rotatable bonds is 5. The monoisotopic (exact) mass is 255 g/mol. The maximum atomic E-state index is 12.0. The lowest BCUT2D eigenvalue weighted by atomic mass is 9.90. The summed E-state index contributed by atoms with van der Waals surface area (Å²) in [4.78, 5) is 24.9. The van der Waals surface area contributed by atoms with Crippen molar-refractivity contribution in [3.8, 4) is 0 Å². The Labute approximate surface area is 109 Å². The highest BCUT2D eigenvalue weighted by atomic mass is 16.2. The SMILES string of the molecule is CCNC(=O)CN(C)C(=O)CC1NCCCC1C.